The van der Waals surface area contributed by atoms with Crippen LogP contribution in [0.4, 0.5) is 0 Å². The van der Waals surface area contributed by atoms with Crippen LogP contribution in [-0.4, -0.2) is 42.5 Å². The summed E-state index contributed by atoms with van der Waals surface area (Å²) >= 11 is 0. The van der Waals surface area contributed by atoms with Crippen molar-refractivity contribution in [3.05, 3.63) is 35.4 Å². The van der Waals surface area contributed by atoms with E-state index in [0.717, 1.165) is 0 Å². The zero-order valence-electron chi connectivity index (χ0n) is 15.3. The van der Waals surface area contributed by atoms with Gasteiger partial charge in [-0.1, -0.05) is 64.4 Å². The number of benzene rings is 1. The van der Waals surface area contributed by atoms with Gasteiger partial charge in [0.1, 0.15) is 0 Å². The maximum absolute atomic E-state index is 2.60. The second kappa shape index (κ2) is 11.8. The fraction of sp³-hybridized carbons (Fsp3) is 0.684. The van der Waals surface area contributed by atoms with E-state index in [1.165, 1.54) is 43.9 Å². The minimum absolute atomic E-state index is 0.550. The van der Waals surface area contributed by atoms with E-state index in [4.69, 9.17) is 0 Å². The molecule has 1 aromatic rings. The summed E-state index contributed by atoms with van der Waals surface area (Å²) in [5, 5.41) is 0. The highest BCUT2D eigenvalue weighted by molar-refractivity contribution is 5.24. The molecule has 0 saturated carbocycles. The first-order chi connectivity index (χ1) is 10.2. The van der Waals surface area contributed by atoms with Gasteiger partial charge in [-0.15, -0.1) is 0 Å². The molecule has 2 heteroatoms. The second-order valence-corrected chi connectivity index (χ2v) is 5.06. The molecule has 1 aliphatic rings. The Kier molecular flexibility index (Phi) is 11.3. The van der Waals surface area contributed by atoms with Gasteiger partial charge in [0.2, 0.25) is 0 Å². The molecular weight excluding hydrogens is 256 g/mol. The van der Waals surface area contributed by atoms with E-state index in [1.807, 2.05) is 27.7 Å². The highest BCUT2D eigenvalue weighted by Gasteiger charge is 2.20. The first-order valence-electron chi connectivity index (χ1n) is 8.73. The summed E-state index contributed by atoms with van der Waals surface area (Å²) in [6.45, 7) is 20.8. The molecule has 1 aromatic carbocycles. The van der Waals surface area contributed by atoms with Gasteiger partial charge < -0.3 is 4.90 Å². The smallest absolute Gasteiger partial charge is 0.0321 e. The number of hydrogen-bond donors (Lipinski definition) is 0. The monoisotopic (exact) mass is 292 g/mol. The third-order valence-corrected chi connectivity index (χ3v) is 3.93. The first kappa shape index (κ1) is 20.1. The van der Waals surface area contributed by atoms with Gasteiger partial charge in [-0.05, 0) is 26.0 Å². The molecule has 0 aliphatic carbocycles. The van der Waals surface area contributed by atoms with Crippen LogP contribution < -0.4 is 0 Å². The number of nitrogens with zero attached hydrogens (tertiary/aromatic N) is 2. The number of rotatable bonds is 3. The Bertz CT molecular complexity index is 354. The Morgan fingerprint density at radius 2 is 1.57 bits per heavy atom. The van der Waals surface area contributed by atoms with Crippen LogP contribution >= 0.6 is 0 Å². The van der Waals surface area contributed by atoms with E-state index in [1.54, 1.807) is 0 Å². The van der Waals surface area contributed by atoms with E-state index in [2.05, 4.69) is 54.8 Å². The molecule has 0 N–H and O–H groups in total. The maximum Gasteiger partial charge on any atom is 0.0321 e. The zero-order chi connectivity index (χ0) is 16.3. The third-order valence-electron chi connectivity index (χ3n) is 3.93. The number of hydrogen-bond acceptors (Lipinski definition) is 2. The third kappa shape index (κ3) is 6.62. The van der Waals surface area contributed by atoms with Gasteiger partial charge in [0, 0.05) is 32.2 Å². The Morgan fingerprint density at radius 1 is 1.00 bits per heavy atom. The molecule has 2 rings (SSSR count). The lowest BCUT2D eigenvalue weighted by Gasteiger charge is -2.37. The van der Waals surface area contributed by atoms with Gasteiger partial charge in [0.05, 0.1) is 0 Å². The highest BCUT2D eigenvalue weighted by atomic mass is 15.3. The lowest BCUT2D eigenvalue weighted by atomic mass is 10.0. The lowest BCUT2D eigenvalue weighted by Crippen LogP contribution is -2.46. The van der Waals surface area contributed by atoms with Gasteiger partial charge in [0.25, 0.3) is 0 Å². The summed E-state index contributed by atoms with van der Waals surface area (Å²) in [7, 11) is 0. The molecule has 2 nitrogen and oxygen atoms in total. The second-order valence-electron chi connectivity index (χ2n) is 5.06. The molecule has 0 amide bonds. The van der Waals surface area contributed by atoms with Crippen molar-refractivity contribution in [2.45, 2.75) is 54.5 Å². The minimum Gasteiger partial charge on any atom is -0.301 e. The van der Waals surface area contributed by atoms with Gasteiger partial charge in [-0.2, -0.15) is 0 Å². The molecule has 1 saturated heterocycles. The van der Waals surface area contributed by atoms with Crippen LogP contribution in [-0.2, 0) is 0 Å². The Hall–Kier alpha value is -0.860. The van der Waals surface area contributed by atoms with Crippen LogP contribution in [0.25, 0.3) is 0 Å². The molecule has 21 heavy (non-hydrogen) atoms. The Morgan fingerprint density at radius 3 is 2.05 bits per heavy atom. The molecular formula is C19H36N2. The molecule has 1 aliphatic heterocycles. The van der Waals surface area contributed by atoms with Crippen LogP contribution in [0.5, 0.6) is 0 Å². The van der Waals surface area contributed by atoms with Crippen LogP contribution in [0, 0.1) is 6.92 Å². The van der Waals surface area contributed by atoms with Crippen molar-refractivity contribution >= 4 is 0 Å². The van der Waals surface area contributed by atoms with Gasteiger partial charge >= 0.3 is 0 Å². The molecule has 1 heterocycles. The van der Waals surface area contributed by atoms with E-state index in [0.29, 0.717) is 6.04 Å². The molecule has 0 radical (unpaired) electrons. The summed E-state index contributed by atoms with van der Waals surface area (Å²) < 4.78 is 0. The lowest BCUT2D eigenvalue weighted by molar-refractivity contribution is 0.106. The maximum atomic E-state index is 2.60. The van der Waals surface area contributed by atoms with Crippen molar-refractivity contribution < 1.29 is 0 Å². The quantitative estimate of drug-likeness (QED) is 0.793. The topological polar surface area (TPSA) is 6.48 Å². The Balaban J connectivity index is 0.000000921. The van der Waals surface area contributed by atoms with Crippen LogP contribution in [0.1, 0.15) is 58.7 Å². The SMILES string of the molecule is CC.CC.CCN1CCN([C@H](C)c2cccc(C)c2)CC1. The summed E-state index contributed by atoms with van der Waals surface area (Å²) in [6.07, 6.45) is 0. The summed E-state index contributed by atoms with van der Waals surface area (Å²) in [4.78, 5) is 5.13. The normalized spacial score (nSPS) is 17.1. The predicted molar refractivity (Wildman–Crippen MR) is 96.0 cm³/mol. The van der Waals surface area contributed by atoms with E-state index in [9.17, 15) is 0 Å². The number of aryl methyl sites for hydroxylation is 1. The van der Waals surface area contributed by atoms with Gasteiger partial charge in [-0.25, -0.2) is 0 Å². The molecule has 122 valence electrons. The van der Waals surface area contributed by atoms with Crippen LogP contribution in [0.15, 0.2) is 24.3 Å². The van der Waals surface area contributed by atoms with Crippen LogP contribution in [0.2, 0.25) is 0 Å². The van der Waals surface area contributed by atoms with Gasteiger partial charge in [-0.3, -0.25) is 4.90 Å². The molecule has 0 bridgehead atoms. The molecule has 0 spiro atoms. The van der Waals surface area contributed by atoms with Crippen molar-refractivity contribution in [1.82, 2.24) is 9.80 Å². The average Bonchev–Trinajstić information content (AvgIpc) is 2.58. The van der Waals surface area contributed by atoms with Crippen molar-refractivity contribution in [2.24, 2.45) is 0 Å². The summed E-state index contributed by atoms with van der Waals surface area (Å²) in [6, 6.07) is 9.46. The fourth-order valence-corrected chi connectivity index (χ4v) is 2.61. The predicted octanol–water partition coefficient (Wildman–Crippen LogP) is 4.75. The molecule has 0 aromatic heterocycles. The van der Waals surface area contributed by atoms with Crippen LogP contribution in [0.3, 0.4) is 0 Å². The minimum atomic E-state index is 0.550. The first-order valence-corrected chi connectivity index (χ1v) is 8.73. The summed E-state index contributed by atoms with van der Waals surface area (Å²) in [5.74, 6) is 0. The van der Waals surface area contributed by atoms with E-state index < -0.39 is 0 Å². The average molecular weight is 293 g/mol. The Labute approximate surface area is 133 Å². The number of piperazine rings is 1. The molecule has 1 atom stereocenters. The van der Waals surface area contributed by atoms with Crippen molar-refractivity contribution in [3.63, 3.8) is 0 Å². The van der Waals surface area contributed by atoms with E-state index >= 15 is 0 Å². The zero-order valence-corrected chi connectivity index (χ0v) is 15.3. The van der Waals surface area contributed by atoms with E-state index in [-0.39, 0.29) is 0 Å². The molecule has 1 fully saturated rings. The van der Waals surface area contributed by atoms with Crippen molar-refractivity contribution in [2.75, 3.05) is 32.7 Å². The molecule has 0 unspecified atom stereocenters. The van der Waals surface area contributed by atoms with Crippen molar-refractivity contribution in [3.8, 4) is 0 Å². The summed E-state index contributed by atoms with van der Waals surface area (Å²) in [5.41, 5.74) is 2.82. The fourth-order valence-electron chi connectivity index (χ4n) is 2.61. The number of likely N-dealkylation sites (N-methyl/N-ethyl adjacent to an activating group) is 1. The van der Waals surface area contributed by atoms with Gasteiger partial charge in [0.15, 0.2) is 0 Å². The highest BCUT2D eigenvalue weighted by Crippen LogP contribution is 2.22. The largest absolute Gasteiger partial charge is 0.301 e. The van der Waals surface area contributed by atoms with Crippen molar-refractivity contribution in [1.29, 1.82) is 0 Å². The standard InChI is InChI=1S/C15H24N2.2C2H6/c1-4-16-8-10-17(11-9-16)14(3)15-7-5-6-13(2)12-15;2*1-2/h5-7,12,14H,4,8-11H2,1-3H3;2*1-2H3/t14-;;/m1../s1.